The van der Waals surface area contributed by atoms with Crippen molar-refractivity contribution in [3.05, 3.63) is 17.5 Å². The third kappa shape index (κ3) is 1.86. The maximum absolute atomic E-state index is 13.6. The molecule has 1 aliphatic carbocycles. The van der Waals surface area contributed by atoms with E-state index in [-0.39, 0.29) is 12.3 Å². The molecule has 1 saturated carbocycles. The van der Waals surface area contributed by atoms with Gasteiger partial charge in [0.1, 0.15) is 17.3 Å². The van der Waals surface area contributed by atoms with Crippen molar-refractivity contribution >= 4 is 17.4 Å². The summed E-state index contributed by atoms with van der Waals surface area (Å²) in [6, 6.07) is 1.63. The minimum absolute atomic E-state index is 0.0285. The molecule has 2 fully saturated rings. The van der Waals surface area contributed by atoms with Crippen LogP contribution in [0.25, 0.3) is 0 Å². The second-order valence-electron chi connectivity index (χ2n) is 4.77. The maximum atomic E-state index is 13.6. The molecule has 1 aliphatic heterocycles. The Bertz CT molecular complexity index is 440. The highest BCUT2D eigenvalue weighted by Crippen LogP contribution is 2.48. The SMILES string of the molecule is FC1(F)CC[C@H]2CN(c3cc(Cl)ncn3)C[C@H]21. The van der Waals surface area contributed by atoms with Gasteiger partial charge in [0.15, 0.2) is 0 Å². The third-order valence-electron chi connectivity index (χ3n) is 3.78. The lowest BCUT2D eigenvalue weighted by atomic mass is 9.99. The van der Waals surface area contributed by atoms with Gasteiger partial charge in [-0.05, 0) is 12.3 Å². The first-order chi connectivity index (χ1) is 8.06. The third-order valence-corrected chi connectivity index (χ3v) is 3.98. The molecule has 2 aliphatic rings. The van der Waals surface area contributed by atoms with E-state index < -0.39 is 11.8 Å². The van der Waals surface area contributed by atoms with E-state index in [1.807, 2.05) is 4.90 Å². The summed E-state index contributed by atoms with van der Waals surface area (Å²) in [5.74, 6) is -2.32. The van der Waals surface area contributed by atoms with Crippen LogP contribution in [0.4, 0.5) is 14.6 Å². The number of anilines is 1. The molecule has 0 unspecified atom stereocenters. The van der Waals surface area contributed by atoms with E-state index in [0.29, 0.717) is 30.5 Å². The van der Waals surface area contributed by atoms with Crippen LogP contribution in [0.15, 0.2) is 12.4 Å². The Hall–Kier alpha value is -0.970. The zero-order valence-corrected chi connectivity index (χ0v) is 9.87. The molecule has 3 nitrogen and oxygen atoms in total. The van der Waals surface area contributed by atoms with Gasteiger partial charge in [-0.15, -0.1) is 0 Å². The van der Waals surface area contributed by atoms with Crippen LogP contribution < -0.4 is 4.90 Å². The van der Waals surface area contributed by atoms with Gasteiger partial charge < -0.3 is 4.90 Å². The minimum atomic E-state index is -2.52. The smallest absolute Gasteiger partial charge is 0.252 e. The van der Waals surface area contributed by atoms with E-state index in [0.717, 1.165) is 0 Å². The van der Waals surface area contributed by atoms with Crippen LogP contribution >= 0.6 is 11.6 Å². The van der Waals surface area contributed by atoms with Gasteiger partial charge in [0, 0.05) is 31.5 Å². The Balaban J connectivity index is 1.81. The molecule has 0 radical (unpaired) electrons. The predicted molar refractivity (Wildman–Crippen MR) is 60.4 cm³/mol. The normalized spacial score (nSPS) is 30.6. The summed E-state index contributed by atoms with van der Waals surface area (Å²) in [6.07, 6.45) is 2.00. The molecule has 92 valence electrons. The van der Waals surface area contributed by atoms with Crippen molar-refractivity contribution < 1.29 is 8.78 Å². The summed E-state index contributed by atoms with van der Waals surface area (Å²) in [5.41, 5.74) is 0. The Morgan fingerprint density at radius 2 is 2.18 bits per heavy atom. The predicted octanol–water partition coefficient (Wildman–Crippen LogP) is 2.61. The first-order valence-corrected chi connectivity index (χ1v) is 6.04. The average molecular weight is 260 g/mol. The van der Waals surface area contributed by atoms with Crippen LogP contribution in [0, 0.1) is 11.8 Å². The fourth-order valence-electron chi connectivity index (χ4n) is 2.89. The van der Waals surface area contributed by atoms with Crippen molar-refractivity contribution in [2.45, 2.75) is 18.8 Å². The Morgan fingerprint density at radius 3 is 2.88 bits per heavy atom. The lowest BCUT2D eigenvalue weighted by molar-refractivity contribution is -0.0351. The molecule has 1 aromatic heterocycles. The highest BCUT2D eigenvalue weighted by atomic mass is 35.5. The van der Waals surface area contributed by atoms with Crippen LogP contribution in [0.2, 0.25) is 5.15 Å². The molecule has 1 aromatic rings. The lowest BCUT2D eigenvalue weighted by Gasteiger charge is -2.20. The second kappa shape index (κ2) is 3.77. The summed E-state index contributed by atoms with van der Waals surface area (Å²) in [7, 11) is 0. The quantitative estimate of drug-likeness (QED) is 0.726. The van der Waals surface area contributed by atoms with Crippen LogP contribution in [0.1, 0.15) is 12.8 Å². The van der Waals surface area contributed by atoms with Gasteiger partial charge in [-0.3, -0.25) is 0 Å². The van der Waals surface area contributed by atoms with Gasteiger partial charge in [0.05, 0.1) is 0 Å². The zero-order valence-electron chi connectivity index (χ0n) is 9.11. The van der Waals surface area contributed by atoms with Crippen molar-refractivity contribution in [3.63, 3.8) is 0 Å². The topological polar surface area (TPSA) is 29.0 Å². The molecule has 0 amide bonds. The van der Waals surface area contributed by atoms with Crippen molar-refractivity contribution in [1.82, 2.24) is 9.97 Å². The first kappa shape index (κ1) is 11.1. The van der Waals surface area contributed by atoms with Crippen LogP contribution in [0.3, 0.4) is 0 Å². The summed E-state index contributed by atoms with van der Waals surface area (Å²) < 4.78 is 27.2. The Kier molecular flexibility index (Phi) is 2.47. The average Bonchev–Trinajstić information content (AvgIpc) is 2.81. The molecule has 0 N–H and O–H groups in total. The van der Waals surface area contributed by atoms with E-state index in [1.165, 1.54) is 6.33 Å². The van der Waals surface area contributed by atoms with E-state index in [2.05, 4.69) is 9.97 Å². The lowest BCUT2D eigenvalue weighted by Crippen LogP contribution is -2.29. The molecule has 2 heterocycles. The number of nitrogens with zero attached hydrogens (tertiary/aromatic N) is 3. The van der Waals surface area contributed by atoms with Crippen molar-refractivity contribution in [2.75, 3.05) is 18.0 Å². The molecule has 6 heteroatoms. The van der Waals surface area contributed by atoms with Crippen molar-refractivity contribution in [1.29, 1.82) is 0 Å². The van der Waals surface area contributed by atoms with Crippen molar-refractivity contribution in [3.8, 4) is 0 Å². The molecule has 2 atom stereocenters. The Labute approximate surface area is 103 Å². The monoisotopic (exact) mass is 259 g/mol. The molecular formula is C11H12ClF2N3. The first-order valence-electron chi connectivity index (χ1n) is 5.66. The van der Waals surface area contributed by atoms with Gasteiger partial charge >= 0.3 is 0 Å². The second-order valence-corrected chi connectivity index (χ2v) is 5.16. The molecule has 3 rings (SSSR count). The van der Waals surface area contributed by atoms with E-state index in [9.17, 15) is 8.78 Å². The highest BCUT2D eigenvalue weighted by Gasteiger charge is 2.54. The summed E-state index contributed by atoms with van der Waals surface area (Å²) in [6.45, 7) is 1.01. The zero-order chi connectivity index (χ0) is 12.0. The fraction of sp³-hybridized carbons (Fsp3) is 0.636. The van der Waals surface area contributed by atoms with E-state index >= 15 is 0 Å². The number of halogens is 3. The molecule has 1 saturated heterocycles. The van der Waals surface area contributed by atoms with Gasteiger partial charge in [-0.1, -0.05) is 11.6 Å². The number of hydrogen-bond donors (Lipinski definition) is 0. The molecule has 0 spiro atoms. The Morgan fingerprint density at radius 1 is 1.35 bits per heavy atom. The molecule has 0 aromatic carbocycles. The number of fused-ring (bicyclic) bond motifs is 1. The maximum Gasteiger partial charge on any atom is 0.252 e. The summed E-state index contributed by atoms with van der Waals surface area (Å²) >= 11 is 5.77. The largest absolute Gasteiger partial charge is 0.356 e. The summed E-state index contributed by atoms with van der Waals surface area (Å²) in [5, 5.41) is 0.346. The van der Waals surface area contributed by atoms with Gasteiger partial charge in [-0.2, -0.15) is 0 Å². The molecular weight excluding hydrogens is 248 g/mol. The van der Waals surface area contributed by atoms with Gasteiger partial charge in [0.2, 0.25) is 0 Å². The van der Waals surface area contributed by atoms with E-state index in [4.69, 9.17) is 11.6 Å². The van der Waals surface area contributed by atoms with Gasteiger partial charge in [0.25, 0.3) is 5.92 Å². The number of hydrogen-bond acceptors (Lipinski definition) is 3. The van der Waals surface area contributed by atoms with Gasteiger partial charge in [-0.25, -0.2) is 18.7 Å². The van der Waals surface area contributed by atoms with Crippen LogP contribution in [-0.4, -0.2) is 29.0 Å². The van der Waals surface area contributed by atoms with Crippen LogP contribution in [0.5, 0.6) is 0 Å². The minimum Gasteiger partial charge on any atom is -0.356 e. The number of rotatable bonds is 1. The van der Waals surface area contributed by atoms with E-state index in [1.54, 1.807) is 6.07 Å². The fourth-order valence-corrected chi connectivity index (χ4v) is 3.03. The number of aromatic nitrogens is 2. The number of alkyl halides is 2. The van der Waals surface area contributed by atoms with Crippen LogP contribution in [-0.2, 0) is 0 Å². The summed E-state index contributed by atoms with van der Waals surface area (Å²) in [4.78, 5) is 9.76. The molecule has 0 bridgehead atoms. The molecule has 17 heavy (non-hydrogen) atoms. The van der Waals surface area contributed by atoms with Crippen molar-refractivity contribution in [2.24, 2.45) is 11.8 Å². The highest BCUT2D eigenvalue weighted by molar-refractivity contribution is 6.29. The standard InChI is InChI=1S/C11H12ClF2N3/c12-9-3-10(16-6-15-9)17-4-7-1-2-11(13,14)8(7)5-17/h3,6-8H,1-2,4-5H2/t7-,8+/m0/s1.